The third-order valence-electron chi connectivity index (χ3n) is 5.25. The first-order valence-electron chi connectivity index (χ1n) is 9.78. The summed E-state index contributed by atoms with van der Waals surface area (Å²) in [7, 11) is 0. The van der Waals surface area contributed by atoms with Crippen molar-refractivity contribution < 1.29 is 18.7 Å². The third-order valence-corrected chi connectivity index (χ3v) is 6.08. The van der Waals surface area contributed by atoms with E-state index in [0.29, 0.717) is 44.1 Å². The fourth-order valence-corrected chi connectivity index (χ4v) is 4.21. The molecule has 2 N–H and O–H groups in total. The lowest BCUT2D eigenvalue weighted by Crippen LogP contribution is -2.48. The molecule has 30 heavy (non-hydrogen) atoms. The summed E-state index contributed by atoms with van der Waals surface area (Å²) in [6.07, 6.45) is 2.51. The number of amides is 2. The fraction of sp³-hybridized carbons (Fsp3) is 0.333. The van der Waals surface area contributed by atoms with Crippen molar-refractivity contribution in [1.29, 1.82) is 0 Å². The Balaban J connectivity index is 1.36. The van der Waals surface area contributed by atoms with Crippen LogP contribution < -0.4 is 15.5 Å². The number of piperazine rings is 1. The van der Waals surface area contributed by atoms with E-state index >= 15 is 0 Å². The average molecular weight is 431 g/mol. The Labute approximate surface area is 178 Å². The molecule has 1 aromatic carbocycles. The van der Waals surface area contributed by atoms with E-state index in [2.05, 4.69) is 0 Å². The van der Waals surface area contributed by atoms with Gasteiger partial charge in [-0.25, -0.2) is 9.18 Å². The van der Waals surface area contributed by atoms with Gasteiger partial charge in [0.1, 0.15) is 11.9 Å². The molecule has 2 fully saturated rings. The van der Waals surface area contributed by atoms with Crippen LogP contribution in [0.2, 0.25) is 0 Å². The monoisotopic (exact) mass is 430 g/mol. The van der Waals surface area contributed by atoms with E-state index in [0.717, 1.165) is 4.88 Å². The summed E-state index contributed by atoms with van der Waals surface area (Å²) in [6, 6.07) is 8.62. The van der Waals surface area contributed by atoms with Crippen LogP contribution in [0.15, 0.2) is 41.8 Å². The number of nitrogens with two attached hydrogens (primary N) is 1. The summed E-state index contributed by atoms with van der Waals surface area (Å²) in [4.78, 5) is 30.4. The van der Waals surface area contributed by atoms with Crippen LogP contribution in [0.25, 0.3) is 6.08 Å². The Morgan fingerprint density at radius 3 is 2.70 bits per heavy atom. The molecule has 2 amide bonds. The Hall–Kier alpha value is -2.91. The molecule has 1 aromatic heterocycles. The highest BCUT2D eigenvalue weighted by Crippen LogP contribution is 2.28. The number of carbonyl (C=O) groups excluding carboxylic acids is 2. The van der Waals surface area contributed by atoms with Gasteiger partial charge in [-0.15, -0.1) is 11.3 Å². The number of carbonyl (C=O) groups is 2. The summed E-state index contributed by atoms with van der Waals surface area (Å²) >= 11 is 1.58. The van der Waals surface area contributed by atoms with Gasteiger partial charge < -0.3 is 20.3 Å². The summed E-state index contributed by atoms with van der Waals surface area (Å²) in [5.41, 5.74) is 6.46. The maximum absolute atomic E-state index is 14.8. The van der Waals surface area contributed by atoms with Crippen LogP contribution in [0.4, 0.5) is 20.6 Å². The number of rotatable bonds is 5. The van der Waals surface area contributed by atoms with Gasteiger partial charge in [0.05, 0.1) is 17.9 Å². The summed E-state index contributed by atoms with van der Waals surface area (Å²) in [5, 5.41) is 1.96. The van der Waals surface area contributed by atoms with Crippen LogP contribution >= 0.6 is 11.3 Å². The van der Waals surface area contributed by atoms with Crippen LogP contribution in [0, 0.1) is 5.82 Å². The lowest BCUT2D eigenvalue weighted by Gasteiger charge is -2.36. The van der Waals surface area contributed by atoms with Gasteiger partial charge in [0.2, 0.25) is 5.91 Å². The van der Waals surface area contributed by atoms with Gasteiger partial charge >= 0.3 is 6.09 Å². The quantitative estimate of drug-likeness (QED) is 0.738. The third kappa shape index (κ3) is 4.31. The molecule has 0 aliphatic carbocycles. The van der Waals surface area contributed by atoms with E-state index in [4.69, 9.17) is 10.5 Å². The van der Waals surface area contributed by atoms with Crippen molar-refractivity contribution in [2.75, 3.05) is 49.1 Å². The van der Waals surface area contributed by atoms with E-state index < -0.39 is 11.9 Å². The molecule has 3 heterocycles. The predicted molar refractivity (Wildman–Crippen MR) is 115 cm³/mol. The second-order valence-corrected chi connectivity index (χ2v) is 8.13. The normalized spacial score (nSPS) is 19.6. The predicted octanol–water partition coefficient (Wildman–Crippen LogP) is 2.53. The molecule has 2 aliphatic heterocycles. The zero-order valence-electron chi connectivity index (χ0n) is 16.4. The minimum absolute atomic E-state index is 0.0409. The van der Waals surface area contributed by atoms with E-state index in [1.807, 2.05) is 28.5 Å². The van der Waals surface area contributed by atoms with Gasteiger partial charge in [-0.1, -0.05) is 6.07 Å². The van der Waals surface area contributed by atoms with Crippen molar-refractivity contribution in [3.05, 3.63) is 52.5 Å². The van der Waals surface area contributed by atoms with Gasteiger partial charge in [0.15, 0.2) is 0 Å². The molecule has 4 rings (SSSR count). The van der Waals surface area contributed by atoms with E-state index in [1.165, 1.54) is 11.0 Å². The summed E-state index contributed by atoms with van der Waals surface area (Å²) < 4.78 is 19.9. The van der Waals surface area contributed by atoms with E-state index in [9.17, 15) is 14.0 Å². The molecule has 7 nitrogen and oxygen atoms in total. The number of nitrogens with zero attached hydrogens (tertiary/aromatic N) is 3. The maximum Gasteiger partial charge on any atom is 0.414 e. The molecule has 0 spiro atoms. The Morgan fingerprint density at radius 2 is 2.07 bits per heavy atom. The maximum atomic E-state index is 14.8. The molecule has 2 saturated heterocycles. The highest BCUT2D eigenvalue weighted by Gasteiger charge is 2.32. The minimum atomic E-state index is -0.514. The highest BCUT2D eigenvalue weighted by atomic mass is 32.1. The zero-order valence-corrected chi connectivity index (χ0v) is 17.2. The van der Waals surface area contributed by atoms with Gasteiger partial charge in [-0.05, 0) is 35.7 Å². The second kappa shape index (κ2) is 8.85. The van der Waals surface area contributed by atoms with Crippen molar-refractivity contribution in [2.24, 2.45) is 5.73 Å². The zero-order chi connectivity index (χ0) is 21.1. The van der Waals surface area contributed by atoms with Crippen molar-refractivity contribution in [1.82, 2.24) is 4.90 Å². The molecule has 2 aliphatic rings. The largest absolute Gasteiger partial charge is 0.443 e. The fourth-order valence-electron chi connectivity index (χ4n) is 3.59. The molecule has 9 heteroatoms. The summed E-state index contributed by atoms with van der Waals surface area (Å²) in [6.45, 7) is 2.66. The van der Waals surface area contributed by atoms with Gasteiger partial charge in [0, 0.05) is 43.7 Å². The van der Waals surface area contributed by atoms with Crippen molar-refractivity contribution in [3.8, 4) is 0 Å². The molecule has 2 aromatic rings. The Morgan fingerprint density at radius 1 is 1.27 bits per heavy atom. The molecule has 0 unspecified atom stereocenters. The van der Waals surface area contributed by atoms with Gasteiger partial charge in [0.25, 0.3) is 0 Å². The average Bonchev–Trinajstić information content (AvgIpc) is 3.41. The molecule has 0 radical (unpaired) electrons. The first-order chi connectivity index (χ1) is 14.5. The standard InChI is InChI=1S/C21H23FN4O3S/c22-18-12-15(26-14-16(13-23)29-21(26)28)3-5-19(18)24-7-9-25(10-8-24)20(27)6-4-17-2-1-11-30-17/h1-6,11-12,16H,7-10,13-14,23H2/b6-4+/t16-/m0/s1. The molecule has 0 saturated carbocycles. The molecule has 1 atom stereocenters. The van der Waals surface area contributed by atoms with Crippen molar-refractivity contribution in [2.45, 2.75) is 6.10 Å². The van der Waals surface area contributed by atoms with Crippen LogP contribution in [0.1, 0.15) is 4.88 Å². The second-order valence-electron chi connectivity index (χ2n) is 7.15. The number of benzene rings is 1. The molecule has 0 bridgehead atoms. The molecular formula is C21H23FN4O3S. The molecule has 158 valence electrons. The lowest BCUT2D eigenvalue weighted by molar-refractivity contribution is -0.126. The van der Waals surface area contributed by atoms with Crippen LogP contribution in [0.3, 0.4) is 0 Å². The number of anilines is 2. The Bertz CT molecular complexity index is 942. The van der Waals surface area contributed by atoms with Gasteiger partial charge in [-0.3, -0.25) is 9.69 Å². The number of thiophene rings is 1. The minimum Gasteiger partial charge on any atom is -0.443 e. The SMILES string of the molecule is NC[C@H]1CN(c2ccc(N3CCN(C(=O)/C=C/c4cccs4)CC3)c(F)c2)C(=O)O1. The number of halogens is 1. The van der Waals surface area contributed by atoms with E-state index in [-0.39, 0.29) is 18.6 Å². The number of hydrogen-bond acceptors (Lipinski definition) is 6. The number of cyclic esters (lactones) is 1. The smallest absolute Gasteiger partial charge is 0.414 e. The lowest BCUT2D eigenvalue weighted by atomic mass is 10.2. The summed E-state index contributed by atoms with van der Waals surface area (Å²) in [5.74, 6) is -0.449. The first-order valence-corrected chi connectivity index (χ1v) is 10.7. The molecular weight excluding hydrogens is 407 g/mol. The van der Waals surface area contributed by atoms with Crippen LogP contribution in [0.5, 0.6) is 0 Å². The topological polar surface area (TPSA) is 79.1 Å². The van der Waals surface area contributed by atoms with Crippen molar-refractivity contribution in [3.63, 3.8) is 0 Å². The van der Waals surface area contributed by atoms with Crippen LogP contribution in [-0.2, 0) is 9.53 Å². The van der Waals surface area contributed by atoms with Gasteiger partial charge in [-0.2, -0.15) is 0 Å². The first kappa shape index (κ1) is 20.4. The Kier molecular flexibility index (Phi) is 6.01. The number of hydrogen-bond donors (Lipinski definition) is 1. The number of ether oxygens (including phenoxy) is 1. The van der Waals surface area contributed by atoms with Crippen molar-refractivity contribution >= 4 is 40.8 Å². The van der Waals surface area contributed by atoms with E-state index in [1.54, 1.807) is 34.4 Å². The highest BCUT2D eigenvalue weighted by molar-refractivity contribution is 7.10. The van der Waals surface area contributed by atoms with Crippen LogP contribution in [-0.4, -0.2) is 62.3 Å².